The van der Waals surface area contributed by atoms with E-state index in [1.54, 1.807) is 13.1 Å². The second kappa shape index (κ2) is 5.10. The maximum absolute atomic E-state index is 11.1. The lowest BCUT2D eigenvalue weighted by Crippen LogP contribution is -1.98. The zero-order valence-electron chi connectivity index (χ0n) is 8.95. The number of nitrogens with one attached hydrogen (secondary N) is 1. The fraction of sp³-hybridized carbons (Fsp3) is 0.167. The predicted molar refractivity (Wildman–Crippen MR) is 63.1 cm³/mol. The number of aryl methyl sites for hydroxylation is 1. The van der Waals surface area contributed by atoms with Crippen LogP contribution < -0.4 is 5.32 Å². The topological polar surface area (TPSA) is 41.5 Å². The van der Waals surface area contributed by atoms with Crippen molar-refractivity contribution in [3.8, 4) is 0 Å². The van der Waals surface area contributed by atoms with E-state index < -0.39 is 0 Å². The fourth-order valence-electron chi connectivity index (χ4n) is 1.11. The molecule has 1 amide bonds. The molecule has 0 spiro atoms. The summed E-state index contributed by atoms with van der Waals surface area (Å²) >= 11 is 0. The largest absolute Gasteiger partial charge is 0.361 e. The summed E-state index contributed by atoms with van der Waals surface area (Å²) in [5.41, 5.74) is 2.65. The molecule has 3 nitrogen and oxygen atoms in total. The normalized spacial score (nSPS) is 10.9. The number of nitrogens with zero attached hydrogens (tertiary/aromatic N) is 1. The average molecular weight is 202 g/mol. The van der Waals surface area contributed by atoms with Gasteiger partial charge in [0.15, 0.2) is 0 Å². The monoisotopic (exact) mass is 202 g/mol. The zero-order chi connectivity index (χ0) is 11.3. The standard InChI is InChI=1S/C12H14N2O/c1-9-5-4-6-11(7-9)14-8-10(2)12(15)13-3/h4-8,14H,3H2,1-2H3/b10-8-. The number of carbonyl (C=O) groups is 1. The molecule has 0 aliphatic carbocycles. The van der Waals surface area contributed by atoms with Crippen molar-refractivity contribution in [2.75, 3.05) is 5.32 Å². The maximum atomic E-state index is 11.1. The molecule has 1 aromatic carbocycles. The second-order valence-corrected chi connectivity index (χ2v) is 3.30. The molecule has 15 heavy (non-hydrogen) atoms. The molecule has 78 valence electrons. The highest BCUT2D eigenvalue weighted by molar-refractivity contribution is 5.95. The van der Waals surface area contributed by atoms with Gasteiger partial charge in [0, 0.05) is 17.5 Å². The van der Waals surface area contributed by atoms with E-state index in [2.05, 4.69) is 17.0 Å². The van der Waals surface area contributed by atoms with Crippen molar-refractivity contribution < 1.29 is 4.79 Å². The van der Waals surface area contributed by atoms with Crippen LogP contribution in [-0.2, 0) is 4.79 Å². The van der Waals surface area contributed by atoms with Crippen molar-refractivity contribution in [3.63, 3.8) is 0 Å². The van der Waals surface area contributed by atoms with E-state index >= 15 is 0 Å². The minimum absolute atomic E-state index is 0.310. The molecule has 0 aliphatic rings. The van der Waals surface area contributed by atoms with Crippen LogP contribution in [0.3, 0.4) is 0 Å². The molecule has 0 radical (unpaired) electrons. The molecule has 0 fully saturated rings. The number of rotatable bonds is 3. The fourth-order valence-corrected chi connectivity index (χ4v) is 1.11. The highest BCUT2D eigenvalue weighted by Gasteiger charge is 1.98. The van der Waals surface area contributed by atoms with Gasteiger partial charge in [-0.05, 0) is 38.3 Å². The van der Waals surface area contributed by atoms with Gasteiger partial charge in [0.25, 0.3) is 5.91 Å². The predicted octanol–water partition coefficient (Wildman–Crippen LogP) is 2.54. The first-order chi connectivity index (χ1) is 7.13. The second-order valence-electron chi connectivity index (χ2n) is 3.30. The van der Waals surface area contributed by atoms with Gasteiger partial charge in [0.05, 0.1) is 0 Å². The Morgan fingerprint density at radius 2 is 2.27 bits per heavy atom. The van der Waals surface area contributed by atoms with Crippen LogP contribution >= 0.6 is 0 Å². The summed E-state index contributed by atoms with van der Waals surface area (Å²) in [7, 11) is 0. The third kappa shape index (κ3) is 3.38. The van der Waals surface area contributed by atoms with Crippen LogP contribution in [0.4, 0.5) is 5.69 Å². The van der Waals surface area contributed by atoms with E-state index in [1.807, 2.05) is 31.2 Å². The van der Waals surface area contributed by atoms with Gasteiger partial charge in [-0.15, -0.1) is 0 Å². The molecule has 0 bridgehead atoms. The number of benzene rings is 1. The minimum Gasteiger partial charge on any atom is -0.361 e. The van der Waals surface area contributed by atoms with Crippen molar-refractivity contribution in [1.29, 1.82) is 0 Å². The van der Waals surface area contributed by atoms with E-state index in [0.717, 1.165) is 5.69 Å². The van der Waals surface area contributed by atoms with Gasteiger partial charge in [0.1, 0.15) is 0 Å². The van der Waals surface area contributed by atoms with Crippen LogP contribution in [0.5, 0.6) is 0 Å². The van der Waals surface area contributed by atoms with Crippen LogP contribution in [0.25, 0.3) is 0 Å². The van der Waals surface area contributed by atoms with E-state index in [9.17, 15) is 4.79 Å². The maximum Gasteiger partial charge on any atom is 0.273 e. The molecule has 1 rings (SSSR count). The SMILES string of the molecule is C=NC(=O)/C(C)=C\Nc1cccc(C)c1. The number of aliphatic imine (C=N–C) groups is 1. The summed E-state index contributed by atoms with van der Waals surface area (Å²) in [6.07, 6.45) is 1.63. The lowest BCUT2D eigenvalue weighted by atomic mass is 10.2. The summed E-state index contributed by atoms with van der Waals surface area (Å²) in [4.78, 5) is 14.4. The minimum atomic E-state index is -0.310. The molecular formula is C12H14N2O. The Morgan fingerprint density at radius 1 is 1.53 bits per heavy atom. The Morgan fingerprint density at radius 3 is 2.87 bits per heavy atom. The van der Waals surface area contributed by atoms with Crippen molar-refractivity contribution in [2.24, 2.45) is 4.99 Å². The Hall–Kier alpha value is -1.90. The van der Waals surface area contributed by atoms with Gasteiger partial charge >= 0.3 is 0 Å². The molecule has 0 atom stereocenters. The van der Waals surface area contributed by atoms with Crippen molar-refractivity contribution in [2.45, 2.75) is 13.8 Å². The number of anilines is 1. The Labute approximate surface area is 89.5 Å². The van der Waals surface area contributed by atoms with Crippen LogP contribution in [0, 0.1) is 6.92 Å². The molecule has 0 heterocycles. The molecule has 0 saturated carbocycles. The third-order valence-corrected chi connectivity index (χ3v) is 1.95. The van der Waals surface area contributed by atoms with Crippen molar-refractivity contribution in [1.82, 2.24) is 0 Å². The summed E-state index contributed by atoms with van der Waals surface area (Å²) in [5, 5.41) is 3.03. The van der Waals surface area contributed by atoms with Crippen molar-refractivity contribution >= 4 is 18.3 Å². The lowest BCUT2D eigenvalue weighted by Gasteiger charge is -2.02. The average Bonchev–Trinajstić information content (AvgIpc) is 2.25. The van der Waals surface area contributed by atoms with E-state index in [1.165, 1.54) is 5.56 Å². The highest BCUT2D eigenvalue weighted by Crippen LogP contribution is 2.10. The van der Waals surface area contributed by atoms with Gasteiger partial charge in [0.2, 0.25) is 0 Å². The summed E-state index contributed by atoms with van der Waals surface area (Å²) in [6, 6.07) is 7.89. The van der Waals surface area contributed by atoms with Crippen LogP contribution in [-0.4, -0.2) is 12.6 Å². The quantitative estimate of drug-likeness (QED) is 0.604. The molecule has 3 heteroatoms. The first-order valence-corrected chi connectivity index (χ1v) is 4.64. The first kappa shape index (κ1) is 11.2. The summed E-state index contributed by atoms with van der Waals surface area (Å²) in [6.45, 7) is 6.89. The molecule has 0 aliphatic heterocycles. The molecular weight excluding hydrogens is 188 g/mol. The zero-order valence-corrected chi connectivity index (χ0v) is 8.95. The molecule has 1 N–H and O–H groups in total. The van der Waals surface area contributed by atoms with E-state index in [4.69, 9.17) is 0 Å². The molecule has 0 saturated heterocycles. The third-order valence-electron chi connectivity index (χ3n) is 1.95. The van der Waals surface area contributed by atoms with Gasteiger partial charge < -0.3 is 5.32 Å². The molecule has 0 aromatic heterocycles. The van der Waals surface area contributed by atoms with Crippen LogP contribution in [0.2, 0.25) is 0 Å². The number of carbonyl (C=O) groups excluding carboxylic acids is 1. The van der Waals surface area contributed by atoms with Gasteiger partial charge in [-0.1, -0.05) is 12.1 Å². The van der Waals surface area contributed by atoms with Crippen LogP contribution in [0.1, 0.15) is 12.5 Å². The summed E-state index contributed by atoms with van der Waals surface area (Å²) in [5.74, 6) is -0.310. The van der Waals surface area contributed by atoms with Crippen molar-refractivity contribution in [3.05, 3.63) is 41.6 Å². The Kier molecular flexibility index (Phi) is 3.80. The van der Waals surface area contributed by atoms with E-state index in [-0.39, 0.29) is 5.91 Å². The van der Waals surface area contributed by atoms with Gasteiger partial charge in [-0.3, -0.25) is 4.79 Å². The smallest absolute Gasteiger partial charge is 0.273 e. The Bertz CT molecular complexity index is 408. The van der Waals surface area contributed by atoms with Gasteiger partial charge in [-0.2, -0.15) is 0 Å². The lowest BCUT2D eigenvalue weighted by molar-refractivity contribution is -0.114. The molecule has 1 aromatic rings. The van der Waals surface area contributed by atoms with E-state index in [0.29, 0.717) is 5.57 Å². The van der Waals surface area contributed by atoms with Crippen LogP contribution in [0.15, 0.2) is 41.0 Å². The number of hydrogen-bond donors (Lipinski definition) is 1. The number of amides is 1. The number of hydrogen-bond acceptors (Lipinski definition) is 2. The summed E-state index contributed by atoms with van der Waals surface area (Å²) < 4.78 is 0. The van der Waals surface area contributed by atoms with Gasteiger partial charge in [-0.25, -0.2) is 4.99 Å². The Balaban J connectivity index is 2.71. The first-order valence-electron chi connectivity index (χ1n) is 4.64. The highest BCUT2D eigenvalue weighted by atomic mass is 16.1. The molecule has 0 unspecified atom stereocenters.